The molecule has 0 aromatic heterocycles. The summed E-state index contributed by atoms with van der Waals surface area (Å²) in [5.41, 5.74) is 0.404. The predicted molar refractivity (Wildman–Crippen MR) is 65.9 cm³/mol. The largest absolute Gasteiger partial charge is 0.507 e. The van der Waals surface area contributed by atoms with Gasteiger partial charge in [0.1, 0.15) is 5.75 Å². The molecule has 0 aliphatic carbocycles. The average molecular weight is 237 g/mol. The maximum atomic E-state index is 12.1. The quantitative estimate of drug-likeness (QED) is 0.812. The van der Waals surface area contributed by atoms with Crippen LogP contribution in [0.15, 0.2) is 24.3 Å². The summed E-state index contributed by atoms with van der Waals surface area (Å²) in [5, 5.41) is 10.1. The average Bonchev–Trinajstić information content (AvgIpc) is 2.29. The molecule has 86 valence electrons. The van der Waals surface area contributed by atoms with Crippen molar-refractivity contribution in [3.05, 3.63) is 29.8 Å². The SMILES string of the molecule is CC1CN(C(=O)c2ccccc2O)CCS1. The van der Waals surface area contributed by atoms with E-state index in [1.807, 2.05) is 16.7 Å². The molecule has 2 rings (SSSR count). The highest BCUT2D eigenvalue weighted by Gasteiger charge is 2.23. The van der Waals surface area contributed by atoms with Crippen LogP contribution in [-0.2, 0) is 0 Å². The maximum Gasteiger partial charge on any atom is 0.257 e. The van der Waals surface area contributed by atoms with E-state index in [9.17, 15) is 9.90 Å². The van der Waals surface area contributed by atoms with Gasteiger partial charge in [-0.05, 0) is 12.1 Å². The molecule has 0 spiro atoms. The molecular weight excluding hydrogens is 222 g/mol. The third-order valence-electron chi connectivity index (χ3n) is 2.66. The Morgan fingerprint density at radius 2 is 2.25 bits per heavy atom. The lowest BCUT2D eigenvalue weighted by atomic mass is 10.1. The molecule has 1 saturated heterocycles. The lowest BCUT2D eigenvalue weighted by molar-refractivity contribution is 0.0760. The first-order chi connectivity index (χ1) is 7.68. The van der Waals surface area contributed by atoms with E-state index in [-0.39, 0.29) is 11.7 Å². The molecule has 1 aliphatic rings. The molecule has 1 atom stereocenters. The Labute approximate surface area is 99.5 Å². The van der Waals surface area contributed by atoms with E-state index in [2.05, 4.69) is 6.92 Å². The lowest BCUT2D eigenvalue weighted by Crippen LogP contribution is -2.41. The van der Waals surface area contributed by atoms with Gasteiger partial charge in [0.15, 0.2) is 0 Å². The van der Waals surface area contributed by atoms with Crippen LogP contribution in [0.2, 0.25) is 0 Å². The van der Waals surface area contributed by atoms with E-state index in [4.69, 9.17) is 0 Å². The van der Waals surface area contributed by atoms with Crippen LogP contribution in [0.1, 0.15) is 17.3 Å². The molecule has 1 N–H and O–H groups in total. The summed E-state index contributed by atoms with van der Waals surface area (Å²) >= 11 is 1.88. The van der Waals surface area contributed by atoms with E-state index >= 15 is 0 Å². The number of rotatable bonds is 1. The Kier molecular flexibility index (Phi) is 3.39. The second kappa shape index (κ2) is 4.78. The van der Waals surface area contributed by atoms with Gasteiger partial charge < -0.3 is 10.0 Å². The number of carbonyl (C=O) groups excluding carboxylic acids is 1. The zero-order valence-electron chi connectivity index (χ0n) is 9.22. The van der Waals surface area contributed by atoms with Gasteiger partial charge in [0.2, 0.25) is 0 Å². The van der Waals surface area contributed by atoms with Crippen LogP contribution in [0.5, 0.6) is 5.75 Å². The van der Waals surface area contributed by atoms with Crippen molar-refractivity contribution in [3.63, 3.8) is 0 Å². The normalized spacial score (nSPS) is 20.8. The van der Waals surface area contributed by atoms with Crippen molar-refractivity contribution in [2.45, 2.75) is 12.2 Å². The molecule has 0 bridgehead atoms. The smallest absolute Gasteiger partial charge is 0.257 e. The fraction of sp³-hybridized carbons (Fsp3) is 0.417. The number of carbonyl (C=O) groups is 1. The molecule has 1 unspecified atom stereocenters. The van der Waals surface area contributed by atoms with E-state index < -0.39 is 0 Å². The van der Waals surface area contributed by atoms with Crippen molar-refractivity contribution >= 4 is 17.7 Å². The van der Waals surface area contributed by atoms with Gasteiger partial charge in [0.25, 0.3) is 5.91 Å². The summed E-state index contributed by atoms with van der Waals surface area (Å²) in [7, 11) is 0. The van der Waals surface area contributed by atoms with E-state index in [0.29, 0.717) is 10.8 Å². The summed E-state index contributed by atoms with van der Waals surface area (Å²) in [6.45, 7) is 3.65. The molecule has 0 saturated carbocycles. The van der Waals surface area contributed by atoms with Crippen molar-refractivity contribution in [2.24, 2.45) is 0 Å². The third kappa shape index (κ3) is 2.32. The van der Waals surface area contributed by atoms with Crippen LogP contribution in [0.4, 0.5) is 0 Å². The second-order valence-electron chi connectivity index (χ2n) is 3.95. The van der Waals surface area contributed by atoms with Crippen LogP contribution in [-0.4, -0.2) is 40.0 Å². The van der Waals surface area contributed by atoms with Crippen molar-refractivity contribution < 1.29 is 9.90 Å². The highest BCUT2D eigenvalue weighted by Crippen LogP contribution is 2.22. The maximum absolute atomic E-state index is 12.1. The topological polar surface area (TPSA) is 40.5 Å². The van der Waals surface area contributed by atoms with Gasteiger partial charge in [0.05, 0.1) is 5.56 Å². The minimum Gasteiger partial charge on any atom is -0.507 e. The molecule has 4 heteroatoms. The number of phenolic OH excluding ortho intramolecular Hbond substituents is 1. The van der Waals surface area contributed by atoms with Crippen molar-refractivity contribution in [1.82, 2.24) is 4.90 Å². The minimum absolute atomic E-state index is 0.0646. The zero-order valence-corrected chi connectivity index (χ0v) is 10.0. The van der Waals surface area contributed by atoms with E-state index in [1.165, 1.54) is 0 Å². The molecule has 3 nitrogen and oxygen atoms in total. The summed E-state index contributed by atoms with van der Waals surface area (Å²) in [6, 6.07) is 6.72. The monoisotopic (exact) mass is 237 g/mol. The van der Waals surface area contributed by atoms with Gasteiger partial charge in [-0.3, -0.25) is 4.79 Å². The predicted octanol–water partition coefficient (Wildman–Crippen LogP) is 1.97. The highest BCUT2D eigenvalue weighted by atomic mass is 32.2. The number of benzene rings is 1. The van der Waals surface area contributed by atoms with Crippen molar-refractivity contribution in [3.8, 4) is 5.75 Å². The molecular formula is C12H15NO2S. The summed E-state index contributed by atoms with van der Waals surface area (Å²) < 4.78 is 0. The lowest BCUT2D eigenvalue weighted by Gasteiger charge is -2.30. The molecule has 16 heavy (non-hydrogen) atoms. The Hall–Kier alpha value is -1.16. The van der Waals surface area contributed by atoms with Gasteiger partial charge in [0, 0.05) is 24.1 Å². The molecule has 0 radical (unpaired) electrons. The molecule has 1 fully saturated rings. The molecule has 1 aromatic carbocycles. The van der Waals surface area contributed by atoms with Gasteiger partial charge in [-0.1, -0.05) is 19.1 Å². The van der Waals surface area contributed by atoms with E-state index in [0.717, 1.165) is 18.8 Å². The third-order valence-corrected chi connectivity index (χ3v) is 3.80. The minimum atomic E-state index is -0.0646. The number of amides is 1. The van der Waals surface area contributed by atoms with Gasteiger partial charge in [-0.15, -0.1) is 0 Å². The van der Waals surface area contributed by atoms with Crippen LogP contribution in [0, 0.1) is 0 Å². The first kappa shape index (κ1) is 11.3. The summed E-state index contributed by atoms with van der Waals surface area (Å²) in [6.07, 6.45) is 0. The Morgan fingerprint density at radius 1 is 1.50 bits per heavy atom. The van der Waals surface area contributed by atoms with Crippen molar-refractivity contribution in [2.75, 3.05) is 18.8 Å². The van der Waals surface area contributed by atoms with Gasteiger partial charge in [-0.25, -0.2) is 0 Å². The van der Waals surface area contributed by atoms with Crippen LogP contribution in [0.25, 0.3) is 0 Å². The molecule has 1 aliphatic heterocycles. The number of nitrogens with zero attached hydrogens (tertiary/aromatic N) is 1. The fourth-order valence-corrected chi connectivity index (χ4v) is 2.84. The number of thioether (sulfide) groups is 1. The second-order valence-corrected chi connectivity index (χ2v) is 5.50. The van der Waals surface area contributed by atoms with Crippen LogP contribution >= 0.6 is 11.8 Å². The van der Waals surface area contributed by atoms with Crippen molar-refractivity contribution in [1.29, 1.82) is 0 Å². The standard InChI is InChI=1S/C12H15NO2S/c1-9-8-13(6-7-16-9)12(15)10-4-2-3-5-11(10)14/h2-5,9,14H,6-8H2,1H3. The first-order valence-corrected chi connectivity index (χ1v) is 6.42. The fourth-order valence-electron chi connectivity index (χ4n) is 1.83. The van der Waals surface area contributed by atoms with E-state index in [1.54, 1.807) is 24.3 Å². The Morgan fingerprint density at radius 3 is 2.94 bits per heavy atom. The zero-order chi connectivity index (χ0) is 11.5. The molecule has 1 aromatic rings. The first-order valence-electron chi connectivity index (χ1n) is 5.37. The Bertz CT molecular complexity index is 394. The summed E-state index contributed by atoms with van der Waals surface area (Å²) in [4.78, 5) is 13.9. The summed E-state index contributed by atoms with van der Waals surface area (Å²) in [5.74, 6) is 0.976. The number of aromatic hydroxyl groups is 1. The number of phenols is 1. The van der Waals surface area contributed by atoms with Gasteiger partial charge in [-0.2, -0.15) is 11.8 Å². The highest BCUT2D eigenvalue weighted by molar-refractivity contribution is 7.99. The molecule has 1 heterocycles. The number of hydrogen-bond acceptors (Lipinski definition) is 3. The Balaban J connectivity index is 2.16. The molecule has 1 amide bonds. The number of hydrogen-bond donors (Lipinski definition) is 1. The van der Waals surface area contributed by atoms with Crippen LogP contribution in [0.3, 0.4) is 0 Å². The van der Waals surface area contributed by atoms with Crippen LogP contribution < -0.4 is 0 Å². The van der Waals surface area contributed by atoms with Gasteiger partial charge >= 0.3 is 0 Å². The number of para-hydroxylation sites is 1.